The second kappa shape index (κ2) is 9.57. The van der Waals surface area contributed by atoms with E-state index in [0.29, 0.717) is 12.2 Å². The summed E-state index contributed by atoms with van der Waals surface area (Å²) in [4.78, 5) is 22.5. The number of thioether (sulfide) groups is 1. The van der Waals surface area contributed by atoms with Gasteiger partial charge in [0.2, 0.25) is 5.91 Å². The van der Waals surface area contributed by atoms with Crippen LogP contribution in [0.25, 0.3) is 0 Å². The second-order valence-corrected chi connectivity index (χ2v) is 6.72. The van der Waals surface area contributed by atoms with Gasteiger partial charge in [-0.1, -0.05) is 12.1 Å². The molecule has 0 saturated carbocycles. The fourth-order valence-corrected chi connectivity index (χ4v) is 3.35. The van der Waals surface area contributed by atoms with Gasteiger partial charge >= 0.3 is 5.97 Å². The zero-order valence-corrected chi connectivity index (χ0v) is 13.9. The number of amides is 1. The molecular weight excluding hydrogens is 314 g/mol. The fourth-order valence-electron chi connectivity index (χ4n) is 2.48. The summed E-state index contributed by atoms with van der Waals surface area (Å²) in [6.45, 7) is 0.813. The maximum absolute atomic E-state index is 12.0. The average molecular weight is 337 g/mol. The first-order valence-corrected chi connectivity index (χ1v) is 9.09. The zero-order chi connectivity index (χ0) is 16.5. The molecule has 23 heavy (non-hydrogen) atoms. The number of carbonyl (C=O) groups excluding carboxylic acids is 1. The van der Waals surface area contributed by atoms with Crippen LogP contribution in [-0.4, -0.2) is 35.4 Å². The molecule has 0 aliphatic carbocycles. The summed E-state index contributed by atoms with van der Waals surface area (Å²) in [5, 5.41) is 11.5. The summed E-state index contributed by atoms with van der Waals surface area (Å²) in [5.74, 6) is 0.571. The molecule has 1 aliphatic heterocycles. The summed E-state index contributed by atoms with van der Waals surface area (Å²) in [6.07, 6.45) is 3.80. The number of carboxylic acids is 1. The van der Waals surface area contributed by atoms with Crippen LogP contribution in [0.5, 0.6) is 0 Å². The molecule has 2 rings (SSSR count). The second-order valence-electron chi connectivity index (χ2n) is 5.62. The highest BCUT2D eigenvalue weighted by atomic mass is 32.2. The van der Waals surface area contributed by atoms with Gasteiger partial charge in [-0.3, -0.25) is 9.59 Å². The van der Waals surface area contributed by atoms with Crippen LogP contribution in [0.1, 0.15) is 37.7 Å². The normalized spacial score (nSPS) is 17.1. The third-order valence-electron chi connectivity index (χ3n) is 3.66. The van der Waals surface area contributed by atoms with Crippen molar-refractivity contribution in [3.63, 3.8) is 0 Å². The average Bonchev–Trinajstić information content (AvgIpc) is 3.03. The largest absolute Gasteiger partial charge is 0.481 e. The Morgan fingerprint density at radius 2 is 2.22 bits per heavy atom. The lowest BCUT2D eigenvalue weighted by Gasteiger charge is -2.10. The smallest absolute Gasteiger partial charge is 0.304 e. The highest BCUT2D eigenvalue weighted by molar-refractivity contribution is 7.98. The van der Waals surface area contributed by atoms with E-state index in [1.54, 1.807) is 11.8 Å². The molecule has 1 saturated heterocycles. The summed E-state index contributed by atoms with van der Waals surface area (Å²) in [7, 11) is 0. The molecule has 1 amide bonds. The number of anilines is 1. The van der Waals surface area contributed by atoms with Crippen LogP contribution in [0.2, 0.25) is 0 Å². The van der Waals surface area contributed by atoms with Gasteiger partial charge in [0.25, 0.3) is 0 Å². The van der Waals surface area contributed by atoms with Crippen molar-refractivity contribution >= 4 is 29.3 Å². The van der Waals surface area contributed by atoms with E-state index in [4.69, 9.17) is 9.84 Å². The molecule has 0 spiro atoms. The van der Waals surface area contributed by atoms with Crippen LogP contribution in [0, 0.1) is 0 Å². The molecule has 2 N–H and O–H groups in total. The number of hydrogen-bond acceptors (Lipinski definition) is 4. The van der Waals surface area contributed by atoms with Gasteiger partial charge in [0.1, 0.15) is 0 Å². The minimum absolute atomic E-state index is 0.0104. The Morgan fingerprint density at radius 1 is 1.35 bits per heavy atom. The number of hydrogen-bond donors (Lipinski definition) is 2. The summed E-state index contributed by atoms with van der Waals surface area (Å²) in [5.41, 5.74) is 1.87. The Labute approximate surface area is 140 Å². The maximum Gasteiger partial charge on any atom is 0.304 e. The Hall–Kier alpha value is -1.53. The third-order valence-corrected chi connectivity index (χ3v) is 4.69. The van der Waals surface area contributed by atoms with E-state index in [2.05, 4.69) is 5.32 Å². The lowest BCUT2D eigenvalue weighted by atomic mass is 10.1. The molecule has 0 unspecified atom stereocenters. The topological polar surface area (TPSA) is 75.6 Å². The number of aliphatic carboxylic acids is 1. The number of carbonyl (C=O) groups is 2. The molecule has 126 valence electrons. The molecule has 6 heteroatoms. The Morgan fingerprint density at radius 3 is 2.96 bits per heavy atom. The lowest BCUT2D eigenvalue weighted by Crippen LogP contribution is -2.15. The summed E-state index contributed by atoms with van der Waals surface area (Å²) < 4.78 is 5.52. The van der Waals surface area contributed by atoms with Crippen molar-refractivity contribution in [3.8, 4) is 0 Å². The van der Waals surface area contributed by atoms with Crippen LogP contribution < -0.4 is 5.32 Å². The summed E-state index contributed by atoms with van der Waals surface area (Å²) >= 11 is 1.58. The van der Waals surface area contributed by atoms with Crippen molar-refractivity contribution in [1.29, 1.82) is 0 Å². The third kappa shape index (κ3) is 7.05. The number of carboxylic acid groups (broad SMARTS) is 1. The summed E-state index contributed by atoms with van der Waals surface area (Å²) in [6, 6.07) is 7.70. The van der Waals surface area contributed by atoms with Crippen molar-refractivity contribution in [2.24, 2.45) is 0 Å². The minimum atomic E-state index is -0.773. The molecule has 1 atom stereocenters. The first kappa shape index (κ1) is 17.8. The van der Waals surface area contributed by atoms with Crippen LogP contribution in [0.3, 0.4) is 0 Å². The predicted octanol–water partition coefficient (Wildman–Crippen LogP) is 3.29. The van der Waals surface area contributed by atoms with E-state index in [-0.39, 0.29) is 18.4 Å². The monoisotopic (exact) mass is 337 g/mol. The number of nitrogens with one attached hydrogen (secondary N) is 1. The van der Waals surface area contributed by atoms with E-state index < -0.39 is 5.97 Å². The molecule has 1 aromatic carbocycles. The zero-order valence-electron chi connectivity index (χ0n) is 13.1. The van der Waals surface area contributed by atoms with Gasteiger partial charge in [-0.25, -0.2) is 0 Å². The lowest BCUT2D eigenvalue weighted by molar-refractivity contribution is -0.136. The molecule has 0 bridgehead atoms. The molecule has 0 radical (unpaired) electrons. The van der Waals surface area contributed by atoms with E-state index in [1.807, 2.05) is 24.3 Å². The predicted molar refractivity (Wildman–Crippen MR) is 91.7 cm³/mol. The van der Waals surface area contributed by atoms with E-state index in [1.165, 1.54) is 0 Å². The van der Waals surface area contributed by atoms with E-state index in [0.717, 1.165) is 42.9 Å². The Balaban J connectivity index is 1.72. The maximum atomic E-state index is 12.0. The fraction of sp³-hybridized carbons (Fsp3) is 0.529. The number of ether oxygens (including phenoxy) is 1. The van der Waals surface area contributed by atoms with Gasteiger partial charge in [0.15, 0.2) is 0 Å². The van der Waals surface area contributed by atoms with Crippen molar-refractivity contribution in [2.75, 3.05) is 17.7 Å². The number of rotatable bonds is 9. The molecule has 1 aromatic rings. The van der Waals surface area contributed by atoms with Crippen molar-refractivity contribution in [2.45, 2.75) is 44.0 Å². The van der Waals surface area contributed by atoms with Gasteiger partial charge in [-0.15, -0.1) is 0 Å². The van der Waals surface area contributed by atoms with E-state index in [9.17, 15) is 9.59 Å². The van der Waals surface area contributed by atoms with Gasteiger partial charge in [0, 0.05) is 30.2 Å². The minimum Gasteiger partial charge on any atom is -0.481 e. The highest BCUT2D eigenvalue weighted by Gasteiger charge is 2.16. The van der Waals surface area contributed by atoms with Crippen LogP contribution in [0.15, 0.2) is 24.3 Å². The van der Waals surface area contributed by atoms with Crippen LogP contribution >= 0.6 is 11.8 Å². The molecular formula is C17H23NO4S. The Bertz CT molecular complexity index is 529. The first-order chi connectivity index (χ1) is 11.1. The van der Waals surface area contributed by atoms with Crippen LogP contribution in [0.4, 0.5) is 5.69 Å². The Kier molecular flexibility index (Phi) is 7.42. The van der Waals surface area contributed by atoms with Gasteiger partial charge in [-0.05, 0) is 37.0 Å². The molecule has 1 fully saturated rings. The van der Waals surface area contributed by atoms with Crippen LogP contribution in [-0.2, 0) is 20.1 Å². The standard InChI is InChI=1S/C17H23NO4S/c19-16(7-6-15-5-2-9-22-15)18-14-4-1-3-13(11-14)12-23-10-8-17(20)21/h1,3-4,11,15H,2,5-10,12H2,(H,18,19)(H,20,21)/t15-/m0/s1. The van der Waals surface area contributed by atoms with Gasteiger partial charge in [0.05, 0.1) is 12.5 Å². The molecule has 1 heterocycles. The molecule has 1 aliphatic rings. The quantitative estimate of drug-likeness (QED) is 0.676. The SMILES string of the molecule is O=C(O)CCSCc1cccc(NC(=O)CC[C@@H]2CCCO2)c1. The number of benzene rings is 1. The van der Waals surface area contributed by atoms with E-state index >= 15 is 0 Å². The van der Waals surface area contributed by atoms with Crippen molar-refractivity contribution in [1.82, 2.24) is 0 Å². The highest BCUT2D eigenvalue weighted by Crippen LogP contribution is 2.19. The molecule has 5 nitrogen and oxygen atoms in total. The van der Waals surface area contributed by atoms with Crippen molar-refractivity contribution in [3.05, 3.63) is 29.8 Å². The van der Waals surface area contributed by atoms with Crippen molar-refractivity contribution < 1.29 is 19.4 Å². The molecule has 0 aromatic heterocycles. The van der Waals surface area contributed by atoms with Gasteiger partial charge < -0.3 is 15.2 Å². The first-order valence-electron chi connectivity index (χ1n) is 7.93. The van der Waals surface area contributed by atoms with Gasteiger partial charge in [-0.2, -0.15) is 11.8 Å².